The number of carbonyl (C=O) groups is 1. The molecule has 3 rings (SSSR count). The number of anilines is 1. The van der Waals surface area contributed by atoms with Crippen LogP contribution in [0.2, 0.25) is 0 Å². The minimum atomic E-state index is -0.681. The lowest BCUT2D eigenvalue weighted by Gasteiger charge is -2.10. The number of amides is 1. The lowest BCUT2D eigenvalue weighted by atomic mass is 10.1. The summed E-state index contributed by atoms with van der Waals surface area (Å²) in [6, 6.07) is 11.3. The summed E-state index contributed by atoms with van der Waals surface area (Å²) in [5, 5.41) is 2.51. The molecule has 2 aromatic carbocycles. The fourth-order valence-corrected chi connectivity index (χ4v) is 2.09. The average molecular weight is 273 g/mol. The van der Waals surface area contributed by atoms with Gasteiger partial charge in [0.25, 0.3) is 0 Å². The second-order valence-corrected chi connectivity index (χ2v) is 4.37. The van der Waals surface area contributed by atoms with E-state index in [2.05, 4.69) is 5.32 Å². The first-order chi connectivity index (χ1) is 9.72. The van der Waals surface area contributed by atoms with Crippen LogP contribution in [0, 0.1) is 5.82 Å². The van der Waals surface area contributed by atoms with E-state index in [0.29, 0.717) is 30.2 Å². The van der Waals surface area contributed by atoms with Crippen molar-refractivity contribution in [3.63, 3.8) is 0 Å². The average Bonchev–Trinajstić information content (AvgIpc) is 2.88. The number of benzene rings is 2. The molecule has 4 nitrogen and oxygen atoms in total. The SMILES string of the molecule is O=C(Nc1cc(F)cc2c1OCC2)Oc1ccccc1. The van der Waals surface area contributed by atoms with Gasteiger partial charge in [0.1, 0.15) is 17.3 Å². The number of carbonyl (C=O) groups excluding carboxylic acids is 1. The molecule has 0 spiro atoms. The fraction of sp³-hybridized carbons (Fsp3) is 0.133. The topological polar surface area (TPSA) is 47.6 Å². The van der Waals surface area contributed by atoms with E-state index in [1.165, 1.54) is 12.1 Å². The highest BCUT2D eigenvalue weighted by Crippen LogP contribution is 2.34. The third-order valence-corrected chi connectivity index (χ3v) is 2.94. The third-order valence-electron chi connectivity index (χ3n) is 2.94. The Balaban J connectivity index is 1.77. The van der Waals surface area contributed by atoms with Gasteiger partial charge in [0.05, 0.1) is 12.3 Å². The van der Waals surface area contributed by atoms with Gasteiger partial charge in [-0.05, 0) is 18.2 Å². The Morgan fingerprint density at radius 3 is 2.85 bits per heavy atom. The Kier molecular flexibility index (Phi) is 3.25. The molecule has 0 saturated carbocycles. The quantitative estimate of drug-likeness (QED) is 0.912. The predicted molar refractivity (Wildman–Crippen MR) is 71.7 cm³/mol. The molecule has 0 saturated heterocycles. The molecular formula is C15H12FNO3. The van der Waals surface area contributed by atoms with E-state index in [-0.39, 0.29) is 0 Å². The summed E-state index contributed by atoms with van der Waals surface area (Å²) in [4.78, 5) is 11.8. The van der Waals surface area contributed by atoms with Gasteiger partial charge < -0.3 is 9.47 Å². The zero-order chi connectivity index (χ0) is 13.9. The Morgan fingerprint density at radius 1 is 1.25 bits per heavy atom. The van der Waals surface area contributed by atoms with Crippen molar-refractivity contribution in [2.24, 2.45) is 0 Å². The number of nitrogens with one attached hydrogen (secondary N) is 1. The number of fused-ring (bicyclic) bond motifs is 1. The molecule has 0 bridgehead atoms. The van der Waals surface area contributed by atoms with E-state index in [1.54, 1.807) is 24.3 Å². The molecule has 0 fully saturated rings. The molecule has 0 aliphatic carbocycles. The van der Waals surface area contributed by atoms with Crippen LogP contribution in [0.25, 0.3) is 0 Å². The van der Waals surface area contributed by atoms with E-state index in [0.717, 1.165) is 5.56 Å². The van der Waals surface area contributed by atoms with Gasteiger partial charge in [-0.1, -0.05) is 18.2 Å². The van der Waals surface area contributed by atoms with E-state index in [9.17, 15) is 9.18 Å². The fourth-order valence-electron chi connectivity index (χ4n) is 2.09. The molecule has 1 heterocycles. The molecule has 0 aromatic heterocycles. The Bertz CT molecular complexity index is 643. The van der Waals surface area contributed by atoms with Crippen LogP contribution >= 0.6 is 0 Å². The monoisotopic (exact) mass is 273 g/mol. The van der Waals surface area contributed by atoms with Crippen molar-refractivity contribution in [2.75, 3.05) is 11.9 Å². The van der Waals surface area contributed by atoms with Crippen LogP contribution in [-0.4, -0.2) is 12.7 Å². The third kappa shape index (κ3) is 2.56. The number of hydrogen-bond donors (Lipinski definition) is 1. The molecule has 1 N–H and O–H groups in total. The first-order valence-corrected chi connectivity index (χ1v) is 6.21. The van der Waals surface area contributed by atoms with Crippen molar-refractivity contribution < 1.29 is 18.7 Å². The highest BCUT2D eigenvalue weighted by molar-refractivity contribution is 5.88. The summed E-state index contributed by atoms with van der Waals surface area (Å²) in [6.45, 7) is 0.487. The molecule has 0 atom stereocenters. The van der Waals surface area contributed by atoms with Crippen molar-refractivity contribution in [1.82, 2.24) is 0 Å². The molecular weight excluding hydrogens is 261 g/mol. The van der Waals surface area contributed by atoms with Gasteiger partial charge >= 0.3 is 6.09 Å². The van der Waals surface area contributed by atoms with Crippen LogP contribution in [0.3, 0.4) is 0 Å². The first kappa shape index (κ1) is 12.5. The van der Waals surface area contributed by atoms with Gasteiger partial charge in [-0.25, -0.2) is 9.18 Å². The predicted octanol–water partition coefficient (Wildman–Crippen LogP) is 3.37. The Morgan fingerprint density at radius 2 is 2.05 bits per heavy atom. The lowest BCUT2D eigenvalue weighted by Crippen LogP contribution is -2.17. The van der Waals surface area contributed by atoms with Crippen LogP contribution < -0.4 is 14.8 Å². The maximum absolute atomic E-state index is 13.5. The minimum absolute atomic E-state index is 0.290. The van der Waals surface area contributed by atoms with Gasteiger partial charge in [0.15, 0.2) is 0 Å². The molecule has 0 unspecified atom stereocenters. The Labute approximate surface area is 115 Å². The number of para-hydroxylation sites is 1. The maximum atomic E-state index is 13.5. The van der Waals surface area contributed by atoms with Gasteiger partial charge in [0.2, 0.25) is 0 Å². The lowest BCUT2D eigenvalue weighted by molar-refractivity contribution is 0.215. The summed E-state index contributed by atoms with van der Waals surface area (Å²) in [6.07, 6.45) is -0.0466. The number of hydrogen-bond acceptors (Lipinski definition) is 3. The van der Waals surface area contributed by atoms with E-state index in [1.807, 2.05) is 6.07 Å². The number of rotatable bonds is 2. The van der Waals surface area contributed by atoms with Crippen LogP contribution in [0.4, 0.5) is 14.9 Å². The second kappa shape index (κ2) is 5.21. The van der Waals surface area contributed by atoms with E-state index >= 15 is 0 Å². The van der Waals surface area contributed by atoms with Crippen molar-refractivity contribution in [3.05, 3.63) is 53.8 Å². The number of halogens is 1. The Hall–Kier alpha value is -2.56. The number of ether oxygens (including phenoxy) is 2. The van der Waals surface area contributed by atoms with Gasteiger partial charge in [-0.3, -0.25) is 5.32 Å². The highest BCUT2D eigenvalue weighted by atomic mass is 19.1. The summed E-state index contributed by atoms with van der Waals surface area (Å²) < 4.78 is 23.9. The van der Waals surface area contributed by atoms with Gasteiger partial charge in [0, 0.05) is 18.1 Å². The van der Waals surface area contributed by atoms with Crippen molar-refractivity contribution in [2.45, 2.75) is 6.42 Å². The molecule has 0 radical (unpaired) electrons. The van der Waals surface area contributed by atoms with Crippen molar-refractivity contribution in [1.29, 1.82) is 0 Å². The summed E-state index contributed by atoms with van der Waals surface area (Å²) >= 11 is 0. The molecule has 1 aliphatic rings. The molecule has 5 heteroatoms. The van der Waals surface area contributed by atoms with Crippen LogP contribution in [0.1, 0.15) is 5.56 Å². The summed E-state index contributed by atoms with van der Waals surface area (Å²) in [7, 11) is 0. The van der Waals surface area contributed by atoms with Crippen molar-refractivity contribution in [3.8, 4) is 11.5 Å². The summed E-state index contributed by atoms with van der Waals surface area (Å²) in [5.41, 5.74) is 1.04. The van der Waals surface area contributed by atoms with Gasteiger partial charge in [-0.15, -0.1) is 0 Å². The normalized spacial score (nSPS) is 12.4. The minimum Gasteiger partial charge on any atom is -0.491 e. The molecule has 1 amide bonds. The van der Waals surface area contributed by atoms with Crippen LogP contribution in [0.5, 0.6) is 11.5 Å². The van der Waals surface area contributed by atoms with E-state index in [4.69, 9.17) is 9.47 Å². The van der Waals surface area contributed by atoms with Crippen LogP contribution in [0.15, 0.2) is 42.5 Å². The van der Waals surface area contributed by atoms with Crippen molar-refractivity contribution >= 4 is 11.8 Å². The molecule has 2 aromatic rings. The highest BCUT2D eigenvalue weighted by Gasteiger charge is 2.20. The van der Waals surface area contributed by atoms with Gasteiger partial charge in [-0.2, -0.15) is 0 Å². The largest absolute Gasteiger partial charge is 0.491 e. The smallest absolute Gasteiger partial charge is 0.417 e. The molecule has 102 valence electrons. The zero-order valence-corrected chi connectivity index (χ0v) is 10.6. The standard InChI is InChI=1S/C15H12FNO3/c16-11-8-10-6-7-19-14(10)13(9-11)17-15(18)20-12-4-2-1-3-5-12/h1-5,8-9H,6-7H2,(H,17,18). The first-order valence-electron chi connectivity index (χ1n) is 6.21. The van der Waals surface area contributed by atoms with E-state index < -0.39 is 11.9 Å². The molecule has 1 aliphatic heterocycles. The summed E-state index contributed by atoms with van der Waals surface area (Å²) in [5.74, 6) is 0.514. The second-order valence-electron chi connectivity index (χ2n) is 4.37. The molecule has 20 heavy (non-hydrogen) atoms. The maximum Gasteiger partial charge on any atom is 0.417 e. The van der Waals surface area contributed by atoms with Crippen LogP contribution in [-0.2, 0) is 6.42 Å². The zero-order valence-electron chi connectivity index (χ0n) is 10.6.